The molecular formula is C16H24N4. The lowest BCUT2D eigenvalue weighted by molar-refractivity contribution is 0.363. The molecule has 4 nitrogen and oxygen atoms in total. The highest BCUT2D eigenvalue weighted by Gasteiger charge is 2.27. The SMILES string of the molecule is CCC(c1ccccc1)c1nnc(CN)n1C(C)(C)C. The topological polar surface area (TPSA) is 56.7 Å². The fourth-order valence-electron chi connectivity index (χ4n) is 2.67. The summed E-state index contributed by atoms with van der Waals surface area (Å²) < 4.78 is 2.19. The first-order valence-corrected chi connectivity index (χ1v) is 7.18. The number of rotatable bonds is 4. The Kier molecular flexibility index (Phi) is 4.23. The van der Waals surface area contributed by atoms with Gasteiger partial charge in [-0.2, -0.15) is 0 Å². The van der Waals surface area contributed by atoms with Crippen LogP contribution in [0.5, 0.6) is 0 Å². The van der Waals surface area contributed by atoms with Crippen LogP contribution in [0.1, 0.15) is 57.2 Å². The molecule has 0 amide bonds. The predicted octanol–water partition coefficient (Wildman–Crippen LogP) is 3.03. The van der Waals surface area contributed by atoms with Crippen molar-refractivity contribution in [2.45, 2.75) is 52.1 Å². The van der Waals surface area contributed by atoms with E-state index in [0.717, 1.165) is 18.1 Å². The molecular weight excluding hydrogens is 248 g/mol. The molecule has 20 heavy (non-hydrogen) atoms. The lowest BCUT2D eigenvalue weighted by Gasteiger charge is -2.27. The van der Waals surface area contributed by atoms with Crippen LogP contribution in [0.3, 0.4) is 0 Å². The van der Waals surface area contributed by atoms with Gasteiger partial charge >= 0.3 is 0 Å². The Morgan fingerprint density at radius 3 is 2.30 bits per heavy atom. The van der Waals surface area contributed by atoms with E-state index in [2.05, 4.69) is 66.7 Å². The van der Waals surface area contributed by atoms with Crippen LogP contribution in [0.15, 0.2) is 30.3 Å². The van der Waals surface area contributed by atoms with Gasteiger partial charge in [-0.25, -0.2) is 0 Å². The van der Waals surface area contributed by atoms with Crippen molar-refractivity contribution >= 4 is 0 Å². The molecule has 1 atom stereocenters. The summed E-state index contributed by atoms with van der Waals surface area (Å²) in [5, 5.41) is 8.72. The maximum Gasteiger partial charge on any atom is 0.147 e. The number of nitrogens with zero attached hydrogens (tertiary/aromatic N) is 3. The van der Waals surface area contributed by atoms with Gasteiger partial charge in [0.05, 0.1) is 6.54 Å². The molecule has 0 fully saturated rings. The number of hydrogen-bond acceptors (Lipinski definition) is 3. The van der Waals surface area contributed by atoms with E-state index in [0.29, 0.717) is 6.54 Å². The number of hydrogen-bond donors (Lipinski definition) is 1. The summed E-state index contributed by atoms with van der Waals surface area (Å²) in [4.78, 5) is 0. The first kappa shape index (κ1) is 14.7. The average Bonchev–Trinajstić information content (AvgIpc) is 2.85. The molecule has 1 aromatic carbocycles. The fraction of sp³-hybridized carbons (Fsp3) is 0.500. The maximum absolute atomic E-state index is 5.82. The summed E-state index contributed by atoms with van der Waals surface area (Å²) in [5.74, 6) is 2.11. The second-order valence-corrected chi connectivity index (χ2v) is 6.06. The van der Waals surface area contributed by atoms with Crippen LogP contribution in [0.25, 0.3) is 0 Å². The van der Waals surface area contributed by atoms with E-state index in [1.165, 1.54) is 5.56 Å². The molecule has 2 aromatic rings. The fourth-order valence-corrected chi connectivity index (χ4v) is 2.67. The maximum atomic E-state index is 5.82. The van der Waals surface area contributed by atoms with Crippen molar-refractivity contribution in [3.05, 3.63) is 47.5 Å². The van der Waals surface area contributed by atoms with Gasteiger partial charge in [0.15, 0.2) is 0 Å². The predicted molar refractivity (Wildman–Crippen MR) is 81.5 cm³/mol. The minimum atomic E-state index is -0.0737. The molecule has 0 bridgehead atoms. The van der Waals surface area contributed by atoms with Gasteiger partial charge in [-0.3, -0.25) is 0 Å². The third-order valence-electron chi connectivity index (χ3n) is 3.53. The van der Waals surface area contributed by atoms with Crippen LogP contribution >= 0.6 is 0 Å². The molecule has 1 unspecified atom stereocenters. The van der Waals surface area contributed by atoms with Gasteiger partial charge < -0.3 is 10.3 Å². The summed E-state index contributed by atoms with van der Waals surface area (Å²) in [7, 11) is 0. The third kappa shape index (κ3) is 2.75. The molecule has 0 aliphatic heterocycles. The van der Waals surface area contributed by atoms with Crippen molar-refractivity contribution in [3.63, 3.8) is 0 Å². The molecule has 0 radical (unpaired) electrons. The van der Waals surface area contributed by atoms with E-state index in [1.54, 1.807) is 0 Å². The van der Waals surface area contributed by atoms with Gasteiger partial charge in [0.25, 0.3) is 0 Å². The summed E-state index contributed by atoms with van der Waals surface area (Å²) in [5.41, 5.74) is 7.02. The Labute approximate surface area is 121 Å². The third-order valence-corrected chi connectivity index (χ3v) is 3.53. The zero-order valence-corrected chi connectivity index (χ0v) is 12.8. The summed E-state index contributed by atoms with van der Waals surface area (Å²) in [6.45, 7) is 9.08. The van der Waals surface area contributed by atoms with Crippen molar-refractivity contribution in [2.24, 2.45) is 5.73 Å². The van der Waals surface area contributed by atoms with Crippen molar-refractivity contribution in [2.75, 3.05) is 0 Å². The number of benzene rings is 1. The monoisotopic (exact) mass is 272 g/mol. The molecule has 0 saturated carbocycles. The van der Waals surface area contributed by atoms with E-state index >= 15 is 0 Å². The molecule has 2 N–H and O–H groups in total. The van der Waals surface area contributed by atoms with Gasteiger partial charge in [0, 0.05) is 11.5 Å². The van der Waals surface area contributed by atoms with Crippen molar-refractivity contribution < 1.29 is 0 Å². The highest BCUT2D eigenvalue weighted by atomic mass is 15.3. The Morgan fingerprint density at radius 2 is 1.80 bits per heavy atom. The lowest BCUT2D eigenvalue weighted by Crippen LogP contribution is -2.28. The highest BCUT2D eigenvalue weighted by molar-refractivity contribution is 5.26. The number of nitrogens with two attached hydrogens (primary N) is 1. The molecule has 1 heterocycles. The Morgan fingerprint density at radius 1 is 1.15 bits per heavy atom. The minimum absolute atomic E-state index is 0.0737. The molecule has 4 heteroatoms. The van der Waals surface area contributed by atoms with E-state index in [4.69, 9.17) is 5.73 Å². The molecule has 108 valence electrons. The average molecular weight is 272 g/mol. The normalized spacial score (nSPS) is 13.4. The van der Waals surface area contributed by atoms with Gasteiger partial charge in [0.1, 0.15) is 11.6 Å². The summed E-state index contributed by atoms with van der Waals surface area (Å²) in [6.07, 6.45) is 0.989. The van der Waals surface area contributed by atoms with E-state index < -0.39 is 0 Å². The smallest absolute Gasteiger partial charge is 0.147 e. The molecule has 0 spiro atoms. The standard InChI is InChI=1S/C16H24N4/c1-5-13(12-9-7-6-8-10-12)15-19-18-14(11-17)20(15)16(2,3)4/h6-10,13H,5,11,17H2,1-4H3. The van der Waals surface area contributed by atoms with Gasteiger partial charge in [0.2, 0.25) is 0 Å². The zero-order chi connectivity index (χ0) is 14.8. The first-order valence-electron chi connectivity index (χ1n) is 7.18. The van der Waals surface area contributed by atoms with E-state index in [9.17, 15) is 0 Å². The molecule has 1 aromatic heterocycles. The second-order valence-electron chi connectivity index (χ2n) is 6.06. The van der Waals surface area contributed by atoms with Gasteiger partial charge in [-0.1, -0.05) is 37.3 Å². The minimum Gasteiger partial charge on any atom is -0.324 e. The van der Waals surface area contributed by atoms with Crippen LogP contribution in [-0.4, -0.2) is 14.8 Å². The Balaban J connectivity index is 2.54. The van der Waals surface area contributed by atoms with E-state index in [-0.39, 0.29) is 11.5 Å². The van der Waals surface area contributed by atoms with Crippen molar-refractivity contribution in [1.82, 2.24) is 14.8 Å². The first-order chi connectivity index (χ1) is 9.49. The summed E-state index contributed by atoms with van der Waals surface area (Å²) >= 11 is 0. The Bertz CT molecular complexity index is 552. The largest absolute Gasteiger partial charge is 0.324 e. The molecule has 2 rings (SSSR count). The van der Waals surface area contributed by atoms with Crippen LogP contribution in [0, 0.1) is 0 Å². The van der Waals surface area contributed by atoms with Crippen molar-refractivity contribution in [1.29, 1.82) is 0 Å². The lowest BCUT2D eigenvalue weighted by atomic mass is 9.94. The van der Waals surface area contributed by atoms with Gasteiger partial charge in [-0.15, -0.1) is 10.2 Å². The second kappa shape index (κ2) is 5.75. The van der Waals surface area contributed by atoms with E-state index in [1.807, 2.05) is 6.07 Å². The van der Waals surface area contributed by atoms with Gasteiger partial charge in [-0.05, 0) is 32.8 Å². The number of aromatic nitrogens is 3. The van der Waals surface area contributed by atoms with Crippen LogP contribution in [-0.2, 0) is 12.1 Å². The molecule has 0 aliphatic rings. The van der Waals surface area contributed by atoms with Crippen LogP contribution < -0.4 is 5.73 Å². The zero-order valence-electron chi connectivity index (χ0n) is 12.8. The Hall–Kier alpha value is -1.68. The van der Waals surface area contributed by atoms with Crippen LogP contribution in [0.2, 0.25) is 0 Å². The van der Waals surface area contributed by atoms with Crippen molar-refractivity contribution in [3.8, 4) is 0 Å². The summed E-state index contributed by atoms with van der Waals surface area (Å²) in [6, 6.07) is 10.5. The molecule has 0 saturated heterocycles. The highest BCUT2D eigenvalue weighted by Crippen LogP contribution is 2.30. The quantitative estimate of drug-likeness (QED) is 0.930. The molecule has 0 aliphatic carbocycles. The van der Waals surface area contributed by atoms with Crippen LogP contribution in [0.4, 0.5) is 0 Å².